The van der Waals surface area contributed by atoms with E-state index in [0.29, 0.717) is 18.8 Å². The van der Waals surface area contributed by atoms with Crippen molar-refractivity contribution < 1.29 is 14.3 Å². The van der Waals surface area contributed by atoms with Gasteiger partial charge in [-0.15, -0.1) is 12.6 Å². The van der Waals surface area contributed by atoms with E-state index in [-0.39, 0.29) is 12.6 Å². The molecule has 1 aromatic carbocycles. The fourth-order valence-electron chi connectivity index (χ4n) is 1.02. The van der Waals surface area contributed by atoms with Gasteiger partial charge in [0.1, 0.15) is 6.61 Å². The molecule has 0 aromatic heterocycles. The molecule has 0 bridgehead atoms. The van der Waals surface area contributed by atoms with E-state index in [0.717, 1.165) is 4.90 Å². The lowest BCUT2D eigenvalue weighted by molar-refractivity contribution is 0.0335. The van der Waals surface area contributed by atoms with Crippen LogP contribution >= 0.6 is 12.6 Å². The van der Waals surface area contributed by atoms with Gasteiger partial charge >= 0.3 is 5.97 Å². The summed E-state index contributed by atoms with van der Waals surface area (Å²) in [5, 5.41) is 0. The number of esters is 1. The molecule has 0 atom stereocenters. The normalized spacial score (nSPS) is 10.0. The van der Waals surface area contributed by atoms with Crippen molar-refractivity contribution in [2.75, 3.05) is 19.8 Å². The summed E-state index contributed by atoms with van der Waals surface area (Å²) >= 11 is 4.13. The molecule has 0 fully saturated rings. The van der Waals surface area contributed by atoms with E-state index < -0.39 is 0 Å². The van der Waals surface area contributed by atoms with E-state index in [1.165, 1.54) is 0 Å². The van der Waals surface area contributed by atoms with E-state index in [1.54, 1.807) is 24.3 Å². The highest BCUT2D eigenvalue weighted by Crippen LogP contribution is 2.08. The van der Waals surface area contributed by atoms with Crippen LogP contribution in [0.15, 0.2) is 29.2 Å². The van der Waals surface area contributed by atoms with Crippen LogP contribution in [-0.4, -0.2) is 25.8 Å². The minimum atomic E-state index is -0.331. The SMILES string of the molecule is CCOCCOC(=O)c1ccc(S)cc1. The van der Waals surface area contributed by atoms with Crippen molar-refractivity contribution in [3.8, 4) is 0 Å². The lowest BCUT2D eigenvalue weighted by Crippen LogP contribution is -2.10. The minimum Gasteiger partial charge on any atom is -0.460 e. The van der Waals surface area contributed by atoms with Crippen molar-refractivity contribution >= 4 is 18.6 Å². The number of rotatable bonds is 5. The summed E-state index contributed by atoms with van der Waals surface area (Å²) in [5.74, 6) is -0.331. The molecule has 0 saturated heterocycles. The number of hydrogen-bond acceptors (Lipinski definition) is 4. The van der Waals surface area contributed by atoms with Crippen molar-refractivity contribution in [2.24, 2.45) is 0 Å². The molecule has 0 aliphatic heterocycles. The van der Waals surface area contributed by atoms with Gasteiger partial charge in [-0.25, -0.2) is 4.79 Å². The van der Waals surface area contributed by atoms with Crippen molar-refractivity contribution in [1.29, 1.82) is 0 Å². The summed E-state index contributed by atoms with van der Waals surface area (Å²) in [6.45, 7) is 3.25. The zero-order valence-corrected chi connectivity index (χ0v) is 9.50. The smallest absolute Gasteiger partial charge is 0.338 e. The minimum absolute atomic E-state index is 0.287. The zero-order chi connectivity index (χ0) is 11.1. The van der Waals surface area contributed by atoms with E-state index in [2.05, 4.69) is 12.6 Å². The molecular formula is C11H14O3S. The number of carbonyl (C=O) groups excluding carboxylic acids is 1. The standard InChI is InChI=1S/C11H14O3S/c1-2-13-7-8-14-11(12)9-3-5-10(15)6-4-9/h3-6,15H,2,7-8H2,1H3. The third-order valence-electron chi connectivity index (χ3n) is 1.77. The molecule has 0 aliphatic carbocycles. The van der Waals surface area contributed by atoms with Gasteiger partial charge in [-0.3, -0.25) is 0 Å². The van der Waals surface area contributed by atoms with Crippen molar-refractivity contribution in [2.45, 2.75) is 11.8 Å². The summed E-state index contributed by atoms with van der Waals surface area (Å²) in [6.07, 6.45) is 0. The van der Waals surface area contributed by atoms with Crippen molar-refractivity contribution in [3.63, 3.8) is 0 Å². The van der Waals surface area contributed by atoms with Crippen LogP contribution in [0.2, 0.25) is 0 Å². The molecule has 82 valence electrons. The highest BCUT2D eigenvalue weighted by atomic mass is 32.1. The van der Waals surface area contributed by atoms with Gasteiger partial charge < -0.3 is 9.47 Å². The molecule has 0 N–H and O–H groups in total. The first-order chi connectivity index (χ1) is 7.24. The van der Waals surface area contributed by atoms with Crippen LogP contribution in [0.4, 0.5) is 0 Å². The molecule has 0 aliphatic rings. The Morgan fingerprint density at radius 2 is 1.93 bits per heavy atom. The Bertz CT molecular complexity index is 308. The highest BCUT2D eigenvalue weighted by Gasteiger charge is 2.05. The first-order valence-corrected chi connectivity index (χ1v) is 5.22. The molecule has 0 saturated carbocycles. The monoisotopic (exact) mass is 226 g/mol. The third kappa shape index (κ3) is 4.36. The molecule has 4 heteroatoms. The summed E-state index contributed by atoms with van der Waals surface area (Å²) in [4.78, 5) is 12.2. The Kier molecular flexibility index (Phi) is 5.21. The van der Waals surface area contributed by atoms with Crippen LogP contribution in [0.1, 0.15) is 17.3 Å². The Labute approximate surface area is 94.8 Å². The highest BCUT2D eigenvalue weighted by molar-refractivity contribution is 7.80. The van der Waals surface area contributed by atoms with Gasteiger partial charge in [0, 0.05) is 11.5 Å². The summed E-state index contributed by atoms with van der Waals surface area (Å²) < 4.78 is 10.0. The predicted octanol–water partition coefficient (Wildman–Crippen LogP) is 2.17. The first kappa shape index (κ1) is 12.1. The van der Waals surface area contributed by atoms with Crippen LogP contribution in [0, 0.1) is 0 Å². The third-order valence-corrected chi connectivity index (χ3v) is 2.07. The second-order valence-corrected chi connectivity index (χ2v) is 3.40. The maximum atomic E-state index is 11.4. The predicted molar refractivity (Wildman–Crippen MR) is 60.5 cm³/mol. The summed E-state index contributed by atoms with van der Waals surface area (Å²) in [6, 6.07) is 6.88. The van der Waals surface area contributed by atoms with Crippen LogP contribution in [0.3, 0.4) is 0 Å². The zero-order valence-electron chi connectivity index (χ0n) is 8.60. The molecule has 1 aromatic rings. The molecule has 0 radical (unpaired) electrons. The number of benzene rings is 1. The largest absolute Gasteiger partial charge is 0.460 e. The number of ether oxygens (including phenoxy) is 2. The topological polar surface area (TPSA) is 35.5 Å². The van der Waals surface area contributed by atoms with Crippen LogP contribution < -0.4 is 0 Å². The molecule has 0 amide bonds. The molecule has 1 rings (SSSR count). The first-order valence-electron chi connectivity index (χ1n) is 4.78. The van der Waals surface area contributed by atoms with Gasteiger partial charge in [-0.05, 0) is 31.2 Å². The summed E-state index contributed by atoms with van der Waals surface area (Å²) in [5.41, 5.74) is 0.532. The second kappa shape index (κ2) is 6.48. The lowest BCUT2D eigenvalue weighted by atomic mass is 10.2. The quantitative estimate of drug-likeness (QED) is 0.475. The molecule has 0 unspecified atom stereocenters. The van der Waals surface area contributed by atoms with E-state index in [4.69, 9.17) is 9.47 Å². The van der Waals surface area contributed by atoms with Crippen LogP contribution in [-0.2, 0) is 9.47 Å². The maximum absolute atomic E-state index is 11.4. The van der Waals surface area contributed by atoms with E-state index >= 15 is 0 Å². The number of carbonyl (C=O) groups is 1. The van der Waals surface area contributed by atoms with Gasteiger partial charge in [-0.2, -0.15) is 0 Å². The molecule has 3 nitrogen and oxygen atoms in total. The molecular weight excluding hydrogens is 212 g/mol. The Balaban J connectivity index is 2.37. The van der Waals surface area contributed by atoms with Gasteiger partial charge in [0.25, 0.3) is 0 Å². The number of hydrogen-bond donors (Lipinski definition) is 1. The summed E-state index contributed by atoms with van der Waals surface area (Å²) in [7, 11) is 0. The molecule has 0 heterocycles. The van der Waals surface area contributed by atoms with Crippen molar-refractivity contribution in [3.05, 3.63) is 29.8 Å². The van der Waals surface area contributed by atoms with E-state index in [9.17, 15) is 4.79 Å². The Morgan fingerprint density at radius 1 is 1.27 bits per heavy atom. The van der Waals surface area contributed by atoms with Gasteiger partial charge in [0.15, 0.2) is 0 Å². The second-order valence-electron chi connectivity index (χ2n) is 2.88. The van der Waals surface area contributed by atoms with Crippen molar-refractivity contribution in [1.82, 2.24) is 0 Å². The van der Waals surface area contributed by atoms with Crippen LogP contribution in [0.25, 0.3) is 0 Å². The lowest BCUT2D eigenvalue weighted by Gasteiger charge is -2.04. The average Bonchev–Trinajstić information content (AvgIpc) is 2.25. The number of thiol groups is 1. The van der Waals surface area contributed by atoms with Crippen LogP contribution in [0.5, 0.6) is 0 Å². The Hall–Kier alpha value is -1.00. The molecule has 15 heavy (non-hydrogen) atoms. The van der Waals surface area contributed by atoms with E-state index in [1.807, 2.05) is 6.92 Å². The Morgan fingerprint density at radius 3 is 2.53 bits per heavy atom. The van der Waals surface area contributed by atoms with Gasteiger partial charge in [0.2, 0.25) is 0 Å². The van der Waals surface area contributed by atoms with Gasteiger partial charge in [-0.1, -0.05) is 0 Å². The molecule has 0 spiro atoms. The fourth-order valence-corrected chi connectivity index (χ4v) is 1.17. The maximum Gasteiger partial charge on any atom is 0.338 e. The van der Waals surface area contributed by atoms with Gasteiger partial charge in [0.05, 0.1) is 12.2 Å². The average molecular weight is 226 g/mol. The fraction of sp³-hybridized carbons (Fsp3) is 0.364.